The number of amidine groups is 1. The minimum atomic E-state index is -4.76. The molecule has 1 N–H and O–H groups in total. The summed E-state index contributed by atoms with van der Waals surface area (Å²) >= 11 is 11.8. The monoisotopic (exact) mass is 459 g/mol. The van der Waals surface area contributed by atoms with E-state index in [2.05, 4.69) is 10.3 Å². The predicted octanol–water partition coefficient (Wildman–Crippen LogP) is 5.58. The Hall–Kier alpha value is -2.45. The highest BCUT2D eigenvalue weighted by molar-refractivity contribution is 6.34. The first-order valence-electron chi connectivity index (χ1n) is 8.77. The average Bonchev–Trinajstić information content (AvgIpc) is 3.09. The van der Waals surface area contributed by atoms with Gasteiger partial charge in [0.15, 0.2) is 5.84 Å². The van der Waals surface area contributed by atoms with Crippen molar-refractivity contribution in [2.75, 3.05) is 14.1 Å². The van der Waals surface area contributed by atoms with E-state index in [1.807, 2.05) is 0 Å². The molecule has 0 aliphatic carbocycles. The number of benzene rings is 2. The van der Waals surface area contributed by atoms with Crippen molar-refractivity contribution < 1.29 is 23.2 Å². The molecule has 10 heteroatoms. The highest BCUT2D eigenvalue weighted by atomic mass is 35.5. The lowest BCUT2D eigenvalue weighted by Crippen LogP contribution is -2.42. The first-order valence-corrected chi connectivity index (χ1v) is 9.53. The zero-order valence-electron chi connectivity index (χ0n) is 16.3. The van der Waals surface area contributed by atoms with Gasteiger partial charge in [0.1, 0.15) is 0 Å². The van der Waals surface area contributed by atoms with Crippen LogP contribution in [0.2, 0.25) is 10.0 Å². The van der Waals surface area contributed by atoms with E-state index in [0.717, 1.165) is 0 Å². The van der Waals surface area contributed by atoms with Gasteiger partial charge in [-0.3, -0.25) is 0 Å². The maximum absolute atomic E-state index is 14.1. The van der Waals surface area contributed by atoms with Crippen molar-refractivity contribution in [2.24, 2.45) is 10.3 Å². The molecule has 160 valence electrons. The molecule has 0 spiro atoms. The Morgan fingerprint density at radius 2 is 1.80 bits per heavy atom. The van der Waals surface area contributed by atoms with E-state index in [4.69, 9.17) is 28.0 Å². The third-order valence-corrected chi connectivity index (χ3v) is 5.27. The van der Waals surface area contributed by atoms with E-state index in [-0.39, 0.29) is 21.3 Å². The van der Waals surface area contributed by atoms with Crippen LogP contribution in [0.3, 0.4) is 0 Å². The molecule has 3 rings (SSSR count). The second-order valence-corrected chi connectivity index (χ2v) is 8.01. The van der Waals surface area contributed by atoms with Gasteiger partial charge in [-0.1, -0.05) is 45.6 Å². The van der Waals surface area contributed by atoms with Crippen molar-refractivity contribution in [1.82, 2.24) is 4.90 Å². The van der Waals surface area contributed by atoms with Crippen LogP contribution < -0.4 is 0 Å². The van der Waals surface area contributed by atoms with E-state index in [1.54, 1.807) is 44.1 Å². The molecule has 2 aromatic carbocycles. The van der Waals surface area contributed by atoms with E-state index < -0.39 is 18.2 Å². The number of alkyl halides is 3. The van der Waals surface area contributed by atoms with Crippen LogP contribution in [0.25, 0.3) is 0 Å². The van der Waals surface area contributed by atoms with Gasteiger partial charge in [-0.05, 0) is 42.3 Å². The minimum Gasteiger partial charge on any atom is -0.409 e. The number of nitrogens with zero attached hydrogens (tertiary/aromatic N) is 3. The van der Waals surface area contributed by atoms with E-state index >= 15 is 0 Å². The summed E-state index contributed by atoms with van der Waals surface area (Å²) in [7, 11) is 3.43. The van der Waals surface area contributed by atoms with Crippen LogP contribution >= 0.6 is 23.2 Å². The van der Waals surface area contributed by atoms with Gasteiger partial charge < -0.3 is 14.9 Å². The molecule has 0 fully saturated rings. The standard InChI is InChI=1S/C20H18Cl2F3N3O2/c1-11-6-12(4-5-16(11)18(26-29)28(2)3)17-10-19(30-27-17,20(23,24)25)13-7-14(21)9-15(22)8-13/h4-9,29H,10H2,1-3H3. The summed E-state index contributed by atoms with van der Waals surface area (Å²) in [6.07, 6.45) is -5.30. The molecule has 0 aromatic heterocycles. The molecule has 0 amide bonds. The van der Waals surface area contributed by atoms with Crippen molar-refractivity contribution in [3.8, 4) is 0 Å². The van der Waals surface area contributed by atoms with Crippen LogP contribution in [0.15, 0.2) is 46.7 Å². The Morgan fingerprint density at radius 1 is 1.17 bits per heavy atom. The molecule has 1 atom stereocenters. The van der Waals surface area contributed by atoms with Gasteiger partial charge in [-0.2, -0.15) is 13.2 Å². The molecule has 5 nitrogen and oxygen atoms in total. The molecule has 0 bridgehead atoms. The van der Waals surface area contributed by atoms with Gasteiger partial charge in [0.05, 0.1) is 5.71 Å². The number of halogens is 5. The van der Waals surface area contributed by atoms with Crippen molar-refractivity contribution in [1.29, 1.82) is 0 Å². The van der Waals surface area contributed by atoms with Crippen molar-refractivity contribution in [2.45, 2.75) is 25.1 Å². The van der Waals surface area contributed by atoms with Crippen LogP contribution in [0.4, 0.5) is 13.2 Å². The molecule has 1 aliphatic rings. The smallest absolute Gasteiger partial charge is 0.409 e. The number of aryl methyl sites for hydroxylation is 1. The highest BCUT2D eigenvalue weighted by Crippen LogP contribution is 2.49. The minimum absolute atomic E-state index is 0.0675. The molecule has 1 unspecified atom stereocenters. The molecule has 0 saturated carbocycles. The van der Waals surface area contributed by atoms with Gasteiger partial charge in [-0.15, -0.1) is 0 Å². The topological polar surface area (TPSA) is 57.4 Å². The van der Waals surface area contributed by atoms with Crippen molar-refractivity contribution >= 4 is 34.7 Å². The molecule has 2 aromatic rings. The summed E-state index contributed by atoms with van der Waals surface area (Å²) in [5.74, 6) is 0.321. The fourth-order valence-electron chi connectivity index (χ4n) is 3.32. The summed E-state index contributed by atoms with van der Waals surface area (Å²) in [5, 5.41) is 16.4. The maximum Gasteiger partial charge on any atom is 0.435 e. The van der Waals surface area contributed by atoms with Gasteiger partial charge in [0.2, 0.25) is 0 Å². The van der Waals surface area contributed by atoms with Gasteiger partial charge in [-0.25, -0.2) is 0 Å². The molecular weight excluding hydrogens is 442 g/mol. The lowest BCUT2D eigenvalue weighted by Gasteiger charge is -2.29. The SMILES string of the molecule is Cc1cc(C2=NOC(c3cc(Cl)cc(Cl)c3)(C(F)(F)F)C2)ccc1C(=NO)N(C)C. The highest BCUT2D eigenvalue weighted by Gasteiger charge is 2.62. The molecule has 0 radical (unpaired) electrons. The zero-order chi connectivity index (χ0) is 22.3. The molecule has 1 heterocycles. The first-order chi connectivity index (χ1) is 14.0. The third kappa shape index (κ3) is 3.94. The normalized spacial score (nSPS) is 19.5. The molecule has 1 aliphatic heterocycles. The second-order valence-electron chi connectivity index (χ2n) is 7.14. The number of rotatable bonds is 3. The zero-order valence-corrected chi connectivity index (χ0v) is 17.8. The number of hydrogen-bond donors (Lipinski definition) is 1. The van der Waals surface area contributed by atoms with Crippen LogP contribution in [-0.4, -0.2) is 41.9 Å². The summed E-state index contributed by atoms with van der Waals surface area (Å²) in [4.78, 5) is 6.64. The summed E-state index contributed by atoms with van der Waals surface area (Å²) in [6.45, 7) is 1.76. The van der Waals surface area contributed by atoms with Gasteiger partial charge >= 0.3 is 6.18 Å². The average molecular weight is 460 g/mol. The second kappa shape index (κ2) is 8.00. The quantitative estimate of drug-likeness (QED) is 0.282. The van der Waals surface area contributed by atoms with E-state index in [1.165, 1.54) is 18.2 Å². The fraction of sp³-hybridized carbons (Fsp3) is 0.300. The predicted molar refractivity (Wildman–Crippen MR) is 110 cm³/mol. The number of oxime groups is 2. The Kier molecular flexibility index (Phi) is 5.93. The van der Waals surface area contributed by atoms with Crippen LogP contribution in [0, 0.1) is 6.92 Å². The summed E-state index contributed by atoms with van der Waals surface area (Å²) in [5.41, 5.74) is -0.981. The lowest BCUT2D eigenvalue weighted by atomic mass is 9.86. The van der Waals surface area contributed by atoms with Crippen LogP contribution in [-0.2, 0) is 10.4 Å². The number of hydrogen-bond acceptors (Lipinski definition) is 4. The summed E-state index contributed by atoms with van der Waals surface area (Å²) in [6, 6.07) is 8.64. The molecule has 0 saturated heterocycles. The largest absolute Gasteiger partial charge is 0.435 e. The first kappa shape index (κ1) is 22.2. The molecular formula is C20H18Cl2F3N3O2. The summed E-state index contributed by atoms with van der Waals surface area (Å²) < 4.78 is 42.3. The van der Waals surface area contributed by atoms with Crippen LogP contribution in [0.1, 0.15) is 28.7 Å². The third-order valence-electron chi connectivity index (χ3n) is 4.83. The van der Waals surface area contributed by atoms with Gasteiger partial charge in [0.25, 0.3) is 5.60 Å². The Morgan fingerprint density at radius 3 is 2.30 bits per heavy atom. The Bertz CT molecular complexity index is 1020. The Balaban J connectivity index is 2.00. The fourth-order valence-corrected chi connectivity index (χ4v) is 3.85. The maximum atomic E-state index is 14.1. The van der Waals surface area contributed by atoms with Crippen molar-refractivity contribution in [3.63, 3.8) is 0 Å². The molecule has 30 heavy (non-hydrogen) atoms. The van der Waals surface area contributed by atoms with E-state index in [0.29, 0.717) is 22.5 Å². The van der Waals surface area contributed by atoms with E-state index in [9.17, 15) is 18.4 Å². The van der Waals surface area contributed by atoms with Crippen molar-refractivity contribution in [3.05, 3.63) is 68.7 Å². The lowest BCUT2D eigenvalue weighted by molar-refractivity contribution is -0.275. The van der Waals surface area contributed by atoms with Crippen LogP contribution in [0.5, 0.6) is 0 Å². The Labute approximate surface area is 181 Å². The van der Waals surface area contributed by atoms with Gasteiger partial charge in [0, 0.05) is 41.7 Å².